The van der Waals surface area contributed by atoms with E-state index in [2.05, 4.69) is 5.32 Å². The van der Waals surface area contributed by atoms with Gasteiger partial charge in [0.15, 0.2) is 6.04 Å². The fraction of sp³-hybridized carbons (Fsp3) is 0.400. The standard InChI is InChI=1S/C15H16ClFN2O4S/c1-2-12(20)19-7-24-6-11(19)14(21)18-13(15(22)23)8-3-4-9(16)10(17)5-8/h3-5,11,13H,2,6-7H2,1H3,(H,18,21)(H,22,23). The maximum atomic E-state index is 13.6. The Kier molecular flexibility index (Phi) is 6.06. The monoisotopic (exact) mass is 374 g/mol. The summed E-state index contributed by atoms with van der Waals surface area (Å²) in [6.45, 7) is 1.69. The molecule has 1 aliphatic heterocycles. The van der Waals surface area contributed by atoms with E-state index < -0.39 is 29.8 Å². The van der Waals surface area contributed by atoms with Gasteiger partial charge in [-0.05, 0) is 17.7 Å². The Bertz CT molecular complexity index is 673. The molecule has 0 bridgehead atoms. The lowest BCUT2D eigenvalue weighted by Gasteiger charge is -2.24. The summed E-state index contributed by atoms with van der Waals surface area (Å²) in [5.41, 5.74) is 0.0665. The van der Waals surface area contributed by atoms with E-state index in [1.165, 1.54) is 28.8 Å². The topological polar surface area (TPSA) is 86.7 Å². The zero-order valence-corrected chi connectivity index (χ0v) is 14.4. The Morgan fingerprint density at radius 2 is 2.21 bits per heavy atom. The van der Waals surface area contributed by atoms with Crippen LogP contribution in [0.25, 0.3) is 0 Å². The van der Waals surface area contributed by atoms with E-state index in [1.54, 1.807) is 6.92 Å². The molecule has 1 aromatic carbocycles. The molecule has 24 heavy (non-hydrogen) atoms. The van der Waals surface area contributed by atoms with E-state index in [0.717, 1.165) is 6.07 Å². The SMILES string of the molecule is CCC(=O)N1CSCC1C(=O)NC(C(=O)O)c1ccc(Cl)c(F)c1. The quantitative estimate of drug-likeness (QED) is 0.823. The van der Waals surface area contributed by atoms with Crippen LogP contribution in [0.15, 0.2) is 18.2 Å². The molecule has 6 nitrogen and oxygen atoms in total. The van der Waals surface area contributed by atoms with Gasteiger partial charge in [0.1, 0.15) is 11.9 Å². The summed E-state index contributed by atoms with van der Waals surface area (Å²) in [5.74, 6) is -2.08. The second kappa shape index (κ2) is 7.85. The summed E-state index contributed by atoms with van der Waals surface area (Å²) in [6, 6.07) is 1.38. The van der Waals surface area contributed by atoms with Crippen LogP contribution in [0.1, 0.15) is 24.9 Å². The Morgan fingerprint density at radius 1 is 1.50 bits per heavy atom. The molecule has 0 saturated carbocycles. The Balaban J connectivity index is 2.18. The summed E-state index contributed by atoms with van der Waals surface area (Å²) >= 11 is 7.00. The van der Waals surface area contributed by atoms with Crippen molar-refractivity contribution >= 4 is 41.1 Å². The Morgan fingerprint density at radius 3 is 2.79 bits per heavy atom. The van der Waals surface area contributed by atoms with Crippen LogP contribution in [0.4, 0.5) is 4.39 Å². The number of rotatable bonds is 5. The van der Waals surface area contributed by atoms with Gasteiger partial charge in [-0.1, -0.05) is 24.6 Å². The molecule has 1 heterocycles. The third-order valence-corrected chi connectivity index (χ3v) is 4.94. The molecular weight excluding hydrogens is 359 g/mol. The van der Waals surface area contributed by atoms with Gasteiger partial charge < -0.3 is 15.3 Å². The molecule has 2 unspecified atom stereocenters. The van der Waals surface area contributed by atoms with Crippen molar-refractivity contribution in [1.82, 2.24) is 10.2 Å². The molecule has 0 radical (unpaired) electrons. The van der Waals surface area contributed by atoms with E-state index in [1.807, 2.05) is 0 Å². The first kappa shape index (κ1) is 18.5. The molecule has 130 valence electrons. The summed E-state index contributed by atoms with van der Waals surface area (Å²) in [5, 5.41) is 11.6. The van der Waals surface area contributed by atoms with Crippen molar-refractivity contribution in [3.63, 3.8) is 0 Å². The summed E-state index contributed by atoms with van der Waals surface area (Å²) in [7, 11) is 0. The Labute approximate surface area is 147 Å². The molecule has 9 heteroatoms. The predicted molar refractivity (Wildman–Crippen MR) is 88.2 cm³/mol. The number of aliphatic carboxylic acids is 1. The van der Waals surface area contributed by atoms with Crippen LogP contribution in [0.3, 0.4) is 0 Å². The molecule has 2 atom stereocenters. The van der Waals surface area contributed by atoms with Gasteiger partial charge in [0.25, 0.3) is 0 Å². The van der Waals surface area contributed by atoms with Crippen LogP contribution >= 0.6 is 23.4 Å². The smallest absolute Gasteiger partial charge is 0.330 e. The second-order valence-corrected chi connectivity index (χ2v) is 6.59. The van der Waals surface area contributed by atoms with Crippen molar-refractivity contribution in [1.29, 1.82) is 0 Å². The van der Waals surface area contributed by atoms with Crippen LogP contribution in [-0.4, -0.2) is 45.5 Å². The molecule has 0 spiro atoms. The van der Waals surface area contributed by atoms with E-state index in [4.69, 9.17) is 11.6 Å². The first-order valence-corrected chi connectivity index (χ1v) is 8.73. The maximum Gasteiger partial charge on any atom is 0.330 e. The van der Waals surface area contributed by atoms with E-state index in [0.29, 0.717) is 11.6 Å². The summed E-state index contributed by atoms with van der Waals surface area (Å²) in [4.78, 5) is 37.1. The van der Waals surface area contributed by atoms with Gasteiger partial charge in [-0.25, -0.2) is 9.18 Å². The van der Waals surface area contributed by atoms with E-state index in [-0.39, 0.29) is 22.9 Å². The molecule has 0 aromatic heterocycles. The molecule has 0 aliphatic carbocycles. The van der Waals surface area contributed by atoms with Crippen LogP contribution in [-0.2, 0) is 14.4 Å². The number of benzene rings is 1. The molecule has 2 N–H and O–H groups in total. The van der Waals surface area contributed by atoms with E-state index in [9.17, 15) is 23.9 Å². The predicted octanol–water partition coefficient (Wildman–Crippen LogP) is 2.03. The second-order valence-electron chi connectivity index (χ2n) is 5.19. The molecule has 2 amide bonds. The van der Waals surface area contributed by atoms with Gasteiger partial charge in [-0.15, -0.1) is 11.8 Å². The molecule has 1 aliphatic rings. The minimum atomic E-state index is -1.42. The number of carbonyl (C=O) groups is 3. The molecule has 1 saturated heterocycles. The number of carbonyl (C=O) groups excluding carboxylic acids is 2. The zero-order chi connectivity index (χ0) is 17.9. The fourth-order valence-corrected chi connectivity index (χ4v) is 3.62. The number of nitrogens with zero attached hydrogens (tertiary/aromatic N) is 1. The highest BCUT2D eigenvalue weighted by Crippen LogP contribution is 2.24. The van der Waals surface area contributed by atoms with E-state index >= 15 is 0 Å². The Hall–Kier alpha value is -1.80. The lowest BCUT2D eigenvalue weighted by Crippen LogP contribution is -2.49. The number of amides is 2. The van der Waals surface area contributed by atoms with Crippen molar-refractivity contribution in [2.75, 3.05) is 11.6 Å². The molecular formula is C15H16ClFN2O4S. The third kappa shape index (κ3) is 3.99. The van der Waals surface area contributed by atoms with Gasteiger partial charge in [-0.2, -0.15) is 0 Å². The summed E-state index contributed by atoms with van der Waals surface area (Å²) in [6.07, 6.45) is 0.259. The van der Waals surface area contributed by atoms with Crippen molar-refractivity contribution in [2.45, 2.75) is 25.4 Å². The van der Waals surface area contributed by atoms with Gasteiger partial charge in [0.2, 0.25) is 11.8 Å². The van der Waals surface area contributed by atoms with Crippen LogP contribution in [0.2, 0.25) is 5.02 Å². The average molecular weight is 375 g/mol. The highest BCUT2D eigenvalue weighted by Gasteiger charge is 2.36. The summed E-state index contributed by atoms with van der Waals surface area (Å²) < 4.78 is 13.6. The van der Waals surface area contributed by atoms with Crippen molar-refractivity contribution in [3.8, 4) is 0 Å². The largest absolute Gasteiger partial charge is 0.479 e. The first-order valence-electron chi connectivity index (χ1n) is 7.20. The number of carboxylic acids is 1. The fourth-order valence-electron chi connectivity index (χ4n) is 2.33. The zero-order valence-electron chi connectivity index (χ0n) is 12.8. The number of carboxylic acid groups (broad SMARTS) is 1. The lowest BCUT2D eigenvalue weighted by molar-refractivity contribution is -0.143. The van der Waals surface area contributed by atoms with Crippen molar-refractivity contribution in [3.05, 3.63) is 34.6 Å². The number of nitrogens with one attached hydrogen (secondary N) is 1. The van der Waals surface area contributed by atoms with Crippen molar-refractivity contribution in [2.24, 2.45) is 0 Å². The minimum Gasteiger partial charge on any atom is -0.479 e. The normalized spacial score (nSPS) is 18.3. The molecule has 1 fully saturated rings. The molecule has 2 rings (SSSR count). The van der Waals surface area contributed by atoms with Crippen LogP contribution in [0, 0.1) is 5.82 Å². The maximum absolute atomic E-state index is 13.6. The van der Waals surface area contributed by atoms with Gasteiger partial charge in [0.05, 0.1) is 10.9 Å². The highest BCUT2D eigenvalue weighted by atomic mass is 35.5. The van der Waals surface area contributed by atoms with Crippen molar-refractivity contribution < 1.29 is 23.9 Å². The first-order chi connectivity index (χ1) is 11.3. The minimum absolute atomic E-state index is 0.0665. The molecule has 1 aromatic rings. The number of halogens is 2. The van der Waals surface area contributed by atoms with Crippen LogP contribution in [0.5, 0.6) is 0 Å². The average Bonchev–Trinajstić information content (AvgIpc) is 3.03. The number of thioether (sulfide) groups is 1. The van der Waals surface area contributed by atoms with Crippen LogP contribution < -0.4 is 5.32 Å². The lowest BCUT2D eigenvalue weighted by atomic mass is 10.1. The number of hydrogen-bond acceptors (Lipinski definition) is 4. The highest BCUT2D eigenvalue weighted by molar-refractivity contribution is 7.99. The van der Waals surface area contributed by atoms with Gasteiger partial charge in [-0.3, -0.25) is 9.59 Å². The third-order valence-electron chi connectivity index (χ3n) is 3.62. The van der Waals surface area contributed by atoms with Gasteiger partial charge in [0, 0.05) is 12.2 Å². The van der Waals surface area contributed by atoms with Gasteiger partial charge >= 0.3 is 5.97 Å². The number of hydrogen-bond donors (Lipinski definition) is 2.